The molecule has 112 valence electrons. The van der Waals surface area contributed by atoms with Gasteiger partial charge in [0.2, 0.25) is 5.91 Å². The number of hydrogen-bond acceptors (Lipinski definition) is 3. The molecule has 0 radical (unpaired) electrons. The minimum atomic E-state index is -0.766. The summed E-state index contributed by atoms with van der Waals surface area (Å²) in [7, 11) is 1.65. The van der Waals surface area contributed by atoms with E-state index in [1.807, 2.05) is 4.90 Å². The fraction of sp³-hybridized carbons (Fsp3) is 0.933. The maximum absolute atomic E-state index is 12.4. The standard InChI is InChI=1S/C15H29NO3/c1-13(2)12-16(9-10-19-3)14(17)11-15(18)7-5-4-6-8-15/h13,18H,4-12H2,1-3H3. The van der Waals surface area contributed by atoms with Gasteiger partial charge >= 0.3 is 0 Å². The Kier molecular flexibility index (Phi) is 6.80. The summed E-state index contributed by atoms with van der Waals surface area (Å²) in [5, 5.41) is 10.5. The summed E-state index contributed by atoms with van der Waals surface area (Å²) in [6.07, 6.45) is 5.04. The van der Waals surface area contributed by atoms with Crippen LogP contribution in [0, 0.1) is 5.92 Å². The van der Waals surface area contributed by atoms with E-state index in [-0.39, 0.29) is 12.3 Å². The summed E-state index contributed by atoms with van der Waals surface area (Å²) in [5.41, 5.74) is -0.766. The van der Waals surface area contributed by atoms with E-state index in [0.717, 1.165) is 32.2 Å². The Bertz CT molecular complexity index is 273. The summed E-state index contributed by atoms with van der Waals surface area (Å²) in [4.78, 5) is 14.2. The van der Waals surface area contributed by atoms with Crippen LogP contribution in [0.4, 0.5) is 0 Å². The molecule has 1 aliphatic rings. The zero-order valence-corrected chi connectivity index (χ0v) is 12.7. The van der Waals surface area contributed by atoms with E-state index in [2.05, 4.69) is 13.8 Å². The quantitative estimate of drug-likeness (QED) is 0.772. The molecule has 0 aromatic rings. The van der Waals surface area contributed by atoms with Crippen LogP contribution in [0.2, 0.25) is 0 Å². The first-order chi connectivity index (χ1) is 8.97. The molecule has 0 saturated heterocycles. The Hall–Kier alpha value is -0.610. The Morgan fingerprint density at radius 1 is 1.32 bits per heavy atom. The van der Waals surface area contributed by atoms with E-state index in [9.17, 15) is 9.90 Å². The van der Waals surface area contributed by atoms with Gasteiger partial charge in [0.05, 0.1) is 18.6 Å². The molecule has 4 nitrogen and oxygen atoms in total. The van der Waals surface area contributed by atoms with Crippen molar-refractivity contribution in [1.29, 1.82) is 0 Å². The number of aliphatic hydroxyl groups is 1. The highest BCUT2D eigenvalue weighted by Gasteiger charge is 2.33. The van der Waals surface area contributed by atoms with Gasteiger partial charge < -0.3 is 14.7 Å². The maximum Gasteiger partial charge on any atom is 0.225 e. The first kappa shape index (κ1) is 16.4. The van der Waals surface area contributed by atoms with Crippen molar-refractivity contribution in [3.8, 4) is 0 Å². The predicted octanol–water partition coefficient (Wildman–Crippen LogP) is 2.20. The van der Waals surface area contributed by atoms with Crippen LogP contribution in [0.15, 0.2) is 0 Å². The number of carbonyl (C=O) groups excluding carboxylic acids is 1. The molecular weight excluding hydrogens is 242 g/mol. The molecule has 1 N–H and O–H groups in total. The first-order valence-corrected chi connectivity index (χ1v) is 7.46. The van der Waals surface area contributed by atoms with Gasteiger partial charge in [-0.1, -0.05) is 33.1 Å². The zero-order chi connectivity index (χ0) is 14.3. The van der Waals surface area contributed by atoms with E-state index in [4.69, 9.17) is 4.74 Å². The number of ether oxygens (including phenoxy) is 1. The van der Waals surface area contributed by atoms with Gasteiger partial charge in [0.15, 0.2) is 0 Å². The molecule has 1 saturated carbocycles. The highest BCUT2D eigenvalue weighted by molar-refractivity contribution is 5.77. The van der Waals surface area contributed by atoms with E-state index < -0.39 is 5.60 Å². The van der Waals surface area contributed by atoms with Crippen LogP contribution >= 0.6 is 0 Å². The molecule has 0 bridgehead atoms. The highest BCUT2D eigenvalue weighted by atomic mass is 16.5. The van der Waals surface area contributed by atoms with Crippen LogP contribution in [0.3, 0.4) is 0 Å². The van der Waals surface area contributed by atoms with Gasteiger partial charge in [-0.3, -0.25) is 4.79 Å². The van der Waals surface area contributed by atoms with Gasteiger partial charge in [0.25, 0.3) is 0 Å². The predicted molar refractivity (Wildman–Crippen MR) is 75.9 cm³/mol. The van der Waals surface area contributed by atoms with Gasteiger partial charge in [0, 0.05) is 20.2 Å². The second kappa shape index (κ2) is 7.85. The average Bonchev–Trinajstić information content (AvgIpc) is 2.34. The largest absolute Gasteiger partial charge is 0.389 e. The molecule has 4 heteroatoms. The number of amides is 1. The van der Waals surface area contributed by atoms with Crippen molar-refractivity contribution in [3.05, 3.63) is 0 Å². The SMILES string of the molecule is COCCN(CC(C)C)C(=O)CC1(O)CCCCC1. The van der Waals surface area contributed by atoms with E-state index in [1.54, 1.807) is 7.11 Å². The van der Waals surface area contributed by atoms with Crippen molar-refractivity contribution in [2.24, 2.45) is 5.92 Å². The van der Waals surface area contributed by atoms with Crippen LogP contribution in [0.1, 0.15) is 52.4 Å². The van der Waals surface area contributed by atoms with Crippen LogP contribution in [-0.4, -0.2) is 48.3 Å². The summed E-state index contributed by atoms with van der Waals surface area (Å²) in [5.74, 6) is 0.497. The molecule has 0 spiro atoms. The molecule has 1 amide bonds. The molecule has 1 fully saturated rings. The summed E-state index contributed by atoms with van der Waals surface area (Å²) in [6, 6.07) is 0. The van der Waals surface area contributed by atoms with Gasteiger partial charge in [-0.2, -0.15) is 0 Å². The van der Waals surface area contributed by atoms with Crippen LogP contribution < -0.4 is 0 Å². The second-order valence-corrected chi connectivity index (χ2v) is 6.19. The molecule has 1 aliphatic carbocycles. The van der Waals surface area contributed by atoms with Crippen molar-refractivity contribution < 1.29 is 14.6 Å². The Morgan fingerprint density at radius 3 is 2.47 bits per heavy atom. The molecule has 0 aromatic heterocycles. The highest BCUT2D eigenvalue weighted by Crippen LogP contribution is 2.31. The van der Waals surface area contributed by atoms with Crippen LogP contribution in [0.5, 0.6) is 0 Å². The Balaban J connectivity index is 2.54. The third-order valence-corrected chi connectivity index (χ3v) is 3.77. The lowest BCUT2D eigenvalue weighted by molar-refractivity contribution is -0.139. The summed E-state index contributed by atoms with van der Waals surface area (Å²) < 4.78 is 5.06. The Morgan fingerprint density at radius 2 is 1.95 bits per heavy atom. The molecule has 0 heterocycles. The van der Waals surface area contributed by atoms with Crippen molar-refractivity contribution in [2.75, 3.05) is 26.8 Å². The monoisotopic (exact) mass is 271 g/mol. The molecule has 0 aromatic carbocycles. The summed E-state index contributed by atoms with van der Waals surface area (Å²) >= 11 is 0. The number of nitrogens with zero attached hydrogens (tertiary/aromatic N) is 1. The van der Waals surface area contributed by atoms with Gasteiger partial charge in [-0.05, 0) is 18.8 Å². The number of methoxy groups -OCH3 is 1. The molecule has 0 aliphatic heterocycles. The molecule has 19 heavy (non-hydrogen) atoms. The van der Waals surface area contributed by atoms with Crippen molar-refractivity contribution in [3.63, 3.8) is 0 Å². The van der Waals surface area contributed by atoms with E-state index in [1.165, 1.54) is 6.42 Å². The minimum Gasteiger partial charge on any atom is -0.389 e. The topological polar surface area (TPSA) is 49.8 Å². The lowest BCUT2D eigenvalue weighted by Gasteiger charge is -2.34. The van der Waals surface area contributed by atoms with Crippen molar-refractivity contribution in [2.45, 2.75) is 58.0 Å². The van der Waals surface area contributed by atoms with Gasteiger partial charge in [0.1, 0.15) is 0 Å². The summed E-state index contributed by atoms with van der Waals surface area (Å²) in [6.45, 7) is 6.10. The minimum absolute atomic E-state index is 0.0650. The third-order valence-electron chi connectivity index (χ3n) is 3.77. The Labute approximate surface area is 117 Å². The number of rotatable bonds is 7. The maximum atomic E-state index is 12.4. The smallest absolute Gasteiger partial charge is 0.225 e. The normalized spacial score (nSPS) is 18.6. The van der Waals surface area contributed by atoms with E-state index >= 15 is 0 Å². The zero-order valence-electron chi connectivity index (χ0n) is 12.7. The fourth-order valence-corrected chi connectivity index (χ4v) is 2.74. The molecular formula is C15H29NO3. The lowest BCUT2D eigenvalue weighted by Crippen LogP contribution is -2.43. The lowest BCUT2D eigenvalue weighted by atomic mass is 9.82. The van der Waals surface area contributed by atoms with Crippen molar-refractivity contribution in [1.82, 2.24) is 4.90 Å². The molecule has 0 unspecified atom stereocenters. The van der Waals surface area contributed by atoms with Gasteiger partial charge in [-0.15, -0.1) is 0 Å². The second-order valence-electron chi connectivity index (χ2n) is 6.19. The average molecular weight is 271 g/mol. The number of carbonyl (C=O) groups is 1. The molecule has 0 atom stereocenters. The molecule has 1 rings (SSSR count). The van der Waals surface area contributed by atoms with Crippen molar-refractivity contribution >= 4 is 5.91 Å². The fourth-order valence-electron chi connectivity index (χ4n) is 2.74. The van der Waals surface area contributed by atoms with Crippen LogP contribution in [-0.2, 0) is 9.53 Å². The van der Waals surface area contributed by atoms with Gasteiger partial charge in [-0.25, -0.2) is 0 Å². The van der Waals surface area contributed by atoms with E-state index in [0.29, 0.717) is 19.1 Å². The number of hydrogen-bond donors (Lipinski definition) is 1. The third kappa shape index (κ3) is 5.91. The van der Waals surface area contributed by atoms with Crippen LogP contribution in [0.25, 0.3) is 0 Å². The first-order valence-electron chi connectivity index (χ1n) is 7.46.